The lowest BCUT2D eigenvalue weighted by Crippen LogP contribution is -2.40. The highest BCUT2D eigenvalue weighted by atomic mass is 35.5. The third-order valence-electron chi connectivity index (χ3n) is 10.7. The molecule has 4 aliphatic rings. The zero-order chi connectivity index (χ0) is 32.6. The molecule has 1 aromatic carbocycles. The summed E-state index contributed by atoms with van der Waals surface area (Å²) in [5, 5.41) is 5.13. The van der Waals surface area contributed by atoms with Crippen molar-refractivity contribution in [2.45, 2.75) is 95.7 Å². The number of rotatable bonds is 9. The standard InChI is InChI=1S/C36H46ClFN4O4/c1-4-5-20-46-35(45)24-12-10-23(11-13-24)32-27-15-14-25(33(43)41-19-16-26(22-41)40(2)3)21-30(27)42(39-32)34(44)31-28(8-6-9-29(31)37)36(38)17-7-18-36/h6,8-10,24-26H,4-5,7,11-22H2,1-3H3/t24?,25?,26-/m1/s1. The first-order chi connectivity index (χ1) is 22.1. The number of unbranched alkanes of at least 4 members (excludes halogenated alkanes) is 1. The van der Waals surface area contributed by atoms with Crippen molar-refractivity contribution < 1.29 is 23.5 Å². The molecule has 8 nitrogen and oxygen atoms in total. The molecule has 2 fully saturated rings. The van der Waals surface area contributed by atoms with E-state index in [1.807, 2.05) is 19.0 Å². The molecule has 0 N–H and O–H groups in total. The second-order valence-corrected chi connectivity index (χ2v) is 14.2. The zero-order valence-corrected chi connectivity index (χ0v) is 28.1. The van der Waals surface area contributed by atoms with Crippen molar-refractivity contribution in [1.82, 2.24) is 19.6 Å². The van der Waals surface area contributed by atoms with E-state index in [4.69, 9.17) is 21.4 Å². The summed E-state index contributed by atoms with van der Waals surface area (Å²) in [5.41, 5.74) is 2.30. The second-order valence-electron chi connectivity index (χ2n) is 13.8. The Morgan fingerprint density at radius 3 is 2.57 bits per heavy atom. The quantitative estimate of drug-likeness (QED) is 0.231. The lowest BCUT2D eigenvalue weighted by molar-refractivity contribution is -0.148. The van der Waals surface area contributed by atoms with E-state index in [0.717, 1.165) is 49.1 Å². The van der Waals surface area contributed by atoms with Crippen molar-refractivity contribution in [3.63, 3.8) is 0 Å². The van der Waals surface area contributed by atoms with Gasteiger partial charge >= 0.3 is 5.97 Å². The number of ether oxygens (including phenoxy) is 1. The van der Waals surface area contributed by atoms with Gasteiger partial charge in [0.2, 0.25) is 5.91 Å². The lowest BCUT2D eigenvalue weighted by Gasteiger charge is -2.35. The van der Waals surface area contributed by atoms with E-state index in [0.29, 0.717) is 81.8 Å². The van der Waals surface area contributed by atoms with Gasteiger partial charge in [0.15, 0.2) is 0 Å². The van der Waals surface area contributed by atoms with Gasteiger partial charge in [-0.1, -0.05) is 43.2 Å². The maximum Gasteiger partial charge on any atom is 0.309 e. The number of allylic oxidation sites excluding steroid dienone is 2. The summed E-state index contributed by atoms with van der Waals surface area (Å²) in [7, 11) is 4.09. The molecular weight excluding hydrogens is 607 g/mol. The van der Waals surface area contributed by atoms with Crippen molar-refractivity contribution in [3.05, 3.63) is 57.4 Å². The highest BCUT2D eigenvalue weighted by Crippen LogP contribution is 2.48. The van der Waals surface area contributed by atoms with E-state index in [1.165, 1.54) is 4.68 Å². The Kier molecular flexibility index (Phi) is 9.72. The molecule has 2 heterocycles. The fourth-order valence-electron chi connectivity index (χ4n) is 7.55. The predicted molar refractivity (Wildman–Crippen MR) is 175 cm³/mol. The van der Waals surface area contributed by atoms with Crippen LogP contribution in [0.4, 0.5) is 4.39 Å². The molecule has 1 aromatic heterocycles. The Morgan fingerprint density at radius 2 is 1.91 bits per heavy atom. The van der Waals surface area contributed by atoms with Crippen molar-refractivity contribution in [3.8, 4) is 0 Å². The number of amides is 1. The second kappa shape index (κ2) is 13.6. The molecule has 248 valence electrons. The van der Waals surface area contributed by atoms with E-state index in [2.05, 4.69) is 17.9 Å². The van der Waals surface area contributed by atoms with Gasteiger partial charge in [-0.15, -0.1) is 0 Å². The minimum Gasteiger partial charge on any atom is -0.465 e. The molecule has 2 aromatic rings. The summed E-state index contributed by atoms with van der Waals surface area (Å²) in [4.78, 5) is 45.0. The predicted octanol–water partition coefficient (Wildman–Crippen LogP) is 6.37. The monoisotopic (exact) mass is 652 g/mol. The van der Waals surface area contributed by atoms with Gasteiger partial charge in [-0.3, -0.25) is 14.4 Å². The van der Waals surface area contributed by atoms with E-state index < -0.39 is 11.6 Å². The lowest BCUT2D eigenvalue weighted by atomic mass is 9.75. The Hall–Kier alpha value is -3.04. The molecule has 1 saturated carbocycles. The summed E-state index contributed by atoms with van der Waals surface area (Å²) in [6.07, 6.45) is 9.79. The normalized spacial score (nSPS) is 23.9. The van der Waals surface area contributed by atoms with Crippen LogP contribution in [0, 0.1) is 11.8 Å². The summed E-state index contributed by atoms with van der Waals surface area (Å²) < 4.78 is 22.8. The number of hydrogen-bond donors (Lipinski definition) is 0. The maximum atomic E-state index is 15.9. The van der Waals surface area contributed by atoms with Gasteiger partial charge in [0.25, 0.3) is 5.91 Å². The van der Waals surface area contributed by atoms with Crippen LogP contribution in [-0.4, -0.2) is 77.2 Å². The van der Waals surface area contributed by atoms with Crippen molar-refractivity contribution in [2.24, 2.45) is 11.8 Å². The smallest absolute Gasteiger partial charge is 0.309 e. The third kappa shape index (κ3) is 6.29. The average Bonchev–Trinajstić information content (AvgIpc) is 3.69. The molecule has 1 amide bonds. The molecule has 6 rings (SSSR count). The third-order valence-corrected chi connectivity index (χ3v) is 11.0. The summed E-state index contributed by atoms with van der Waals surface area (Å²) in [5.74, 6) is -0.954. The number of benzene rings is 1. The van der Waals surface area contributed by atoms with Crippen LogP contribution in [0.2, 0.25) is 5.02 Å². The molecule has 3 atom stereocenters. The number of likely N-dealkylation sites (tertiary alicyclic amines) is 1. The van der Waals surface area contributed by atoms with Crippen LogP contribution in [0.3, 0.4) is 0 Å². The van der Waals surface area contributed by atoms with Crippen molar-refractivity contribution >= 4 is 35.0 Å². The number of carbonyl (C=O) groups is 3. The Morgan fingerprint density at radius 1 is 1.13 bits per heavy atom. The highest BCUT2D eigenvalue weighted by Gasteiger charge is 2.43. The van der Waals surface area contributed by atoms with Crippen LogP contribution in [0.1, 0.15) is 104 Å². The molecule has 0 radical (unpaired) electrons. The van der Waals surface area contributed by atoms with Gasteiger partial charge in [-0.05, 0) is 89.9 Å². The molecule has 2 unspecified atom stereocenters. The number of halogens is 2. The van der Waals surface area contributed by atoms with E-state index in [-0.39, 0.29) is 34.3 Å². The van der Waals surface area contributed by atoms with Crippen LogP contribution in [0.5, 0.6) is 0 Å². The van der Waals surface area contributed by atoms with Crippen LogP contribution < -0.4 is 0 Å². The molecule has 46 heavy (non-hydrogen) atoms. The van der Waals surface area contributed by atoms with Crippen LogP contribution in [0.15, 0.2) is 24.3 Å². The van der Waals surface area contributed by atoms with Crippen molar-refractivity contribution in [2.75, 3.05) is 33.8 Å². The fraction of sp³-hybridized carbons (Fsp3) is 0.611. The van der Waals surface area contributed by atoms with Crippen LogP contribution in [0.25, 0.3) is 5.57 Å². The van der Waals surface area contributed by atoms with Crippen LogP contribution in [-0.2, 0) is 32.8 Å². The van der Waals surface area contributed by atoms with E-state index >= 15 is 4.39 Å². The topological polar surface area (TPSA) is 84.7 Å². The van der Waals surface area contributed by atoms with Gasteiger partial charge < -0.3 is 14.5 Å². The minimum atomic E-state index is -1.59. The van der Waals surface area contributed by atoms with Gasteiger partial charge in [-0.25, -0.2) is 4.39 Å². The fourth-order valence-corrected chi connectivity index (χ4v) is 7.80. The summed E-state index contributed by atoms with van der Waals surface area (Å²) in [6, 6.07) is 5.33. The first-order valence-electron chi connectivity index (χ1n) is 17.1. The number of carbonyl (C=O) groups excluding carboxylic acids is 3. The summed E-state index contributed by atoms with van der Waals surface area (Å²) in [6.45, 7) is 3.94. The highest BCUT2D eigenvalue weighted by molar-refractivity contribution is 6.34. The number of alkyl halides is 1. The average molecular weight is 653 g/mol. The number of aromatic nitrogens is 2. The Labute approximate surface area is 276 Å². The molecule has 3 aliphatic carbocycles. The van der Waals surface area contributed by atoms with Gasteiger partial charge in [0.05, 0.1) is 34.5 Å². The largest absolute Gasteiger partial charge is 0.465 e. The van der Waals surface area contributed by atoms with E-state index in [1.54, 1.807) is 18.2 Å². The number of esters is 1. The molecular formula is C36H46ClFN4O4. The number of likely N-dealkylation sites (N-methyl/N-ethyl adjacent to an activating group) is 1. The Balaban J connectivity index is 1.33. The first kappa shape index (κ1) is 32.9. The van der Waals surface area contributed by atoms with Gasteiger partial charge in [0.1, 0.15) is 5.67 Å². The van der Waals surface area contributed by atoms with Crippen LogP contribution >= 0.6 is 11.6 Å². The molecule has 1 aliphatic heterocycles. The van der Waals surface area contributed by atoms with Gasteiger partial charge in [-0.2, -0.15) is 9.78 Å². The van der Waals surface area contributed by atoms with Gasteiger partial charge in [0, 0.05) is 42.6 Å². The maximum absolute atomic E-state index is 15.9. The molecule has 0 spiro atoms. The molecule has 10 heteroatoms. The first-order valence-corrected chi connectivity index (χ1v) is 17.4. The summed E-state index contributed by atoms with van der Waals surface area (Å²) >= 11 is 6.65. The number of hydrogen-bond acceptors (Lipinski definition) is 6. The minimum absolute atomic E-state index is 0.119. The zero-order valence-electron chi connectivity index (χ0n) is 27.3. The number of nitrogens with zero attached hydrogens (tertiary/aromatic N) is 4. The van der Waals surface area contributed by atoms with E-state index in [9.17, 15) is 14.4 Å². The SMILES string of the molecule is CCCCOC(=O)C1CC=C(c2nn(C(=O)c3c(Cl)cccc3C3(F)CCC3)c3c2CCC(C(=O)N2CC[C@@H](N(C)C)C2)C3)CC1. The van der Waals surface area contributed by atoms with Crippen molar-refractivity contribution in [1.29, 1.82) is 0 Å². The molecule has 0 bridgehead atoms. The molecule has 1 saturated heterocycles. The Bertz CT molecular complexity index is 1530. The number of fused-ring (bicyclic) bond motifs is 1.